The molecule has 1 aromatic carbocycles. The summed E-state index contributed by atoms with van der Waals surface area (Å²) in [4.78, 5) is 6.74. The molecule has 0 spiro atoms. The van der Waals surface area contributed by atoms with Gasteiger partial charge in [0.05, 0.1) is 13.2 Å². The standard InChI is InChI=1S/C18H28N4O/c1-19-18(20-12-15-5-6-15)21-13-16-3-2-4-17(11-16)14-22-7-9-23-10-8-22/h2-4,11,15H,5-10,12-14H2,1H3,(H2,19,20,21). The maximum absolute atomic E-state index is 5.41. The number of nitrogens with zero attached hydrogens (tertiary/aromatic N) is 2. The van der Waals surface area contributed by atoms with E-state index in [-0.39, 0.29) is 0 Å². The fraction of sp³-hybridized carbons (Fsp3) is 0.611. The van der Waals surface area contributed by atoms with E-state index in [0.29, 0.717) is 0 Å². The van der Waals surface area contributed by atoms with Gasteiger partial charge in [0, 0.05) is 39.8 Å². The Kier molecular flexibility index (Phi) is 5.88. The first-order chi connectivity index (χ1) is 11.3. The zero-order chi connectivity index (χ0) is 15.9. The van der Waals surface area contributed by atoms with Crippen LogP contribution < -0.4 is 10.6 Å². The third kappa shape index (κ3) is 5.52. The Hall–Kier alpha value is -1.59. The van der Waals surface area contributed by atoms with E-state index in [2.05, 4.69) is 44.8 Å². The molecule has 1 aromatic rings. The zero-order valence-electron chi connectivity index (χ0n) is 14.1. The van der Waals surface area contributed by atoms with Gasteiger partial charge in [0.2, 0.25) is 0 Å². The molecule has 0 amide bonds. The highest BCUT2D eigenvalue weighted by Gasteiger charge is 2.21. The van der Waals surface area contributed by atoms with Crippen LogP contribution in [0.5, 0.6) is 0 Å². The van der Waals surface area contributed by atoms with Gasteiger partial charge in [-0.05, 0) is 29.9 Å². The maximum Gasteiger partial charge on any atom is 0.191 e. The van der Waals surface area contributed by atoms with Crippen LogP contribution in [0.4, 0.5) is 0 Å². The van der Waals surface area contributed by atoms with Gasteiger partial charge < -0.3 is 15.4 Å². The van der Waals surface area contributed by atoms with Gasteiger partial charge >= 0.3 is 0 Å². The van der Waals surface area contributed by atoms with E-state index in [4.69, 9.17) is 4.74 Å². The van der Waals surface area contributed by atoms with Crippen molar-refractivity contribution in [1.82, 2.24) is 15.5 Å². The van der Waals surface area contributed by atoms with Crippen LogP contribution in [-0.4, -0.2) is 50.8 Å². The second kappa shape index (κ2) is 8.31. The lowest BCUT2D eigenvalue weighted by Gasteiger charge is -2.26. The van der Waals surface area contributed by atoms with Gasteiger partial charge in [-0.15, -0.1) is 0 Å². The number of aliphatic imine (C=N–C) groups is 1. The van der Waals surface area contributed by atoms with Gasteiger partial charge in [0.15, 0.2) is 5.96 Å². The molecular weight excluding hydrogens is 288 g/mol. The number of benzene rings is 1. The first-order valence-electron chi connectivity index (χ1n) is 8.66. The molecule has 23 heavy (non-hydrogen) atoms. The van der Waals surface area contributed by atoms with E-state index >= 15 is 0 Å². The van der Waals surface area contributed by atoms with Crippen molar-refractivity contribution in [3.63, 3.8) is 0 Å². The van der Waals surface area contributed by atoms with Crippen molar-refractivity contribution in [3.8, 4) is 0 Å². The van der Waals surface area contributed by atoms with Crippen LogP contribution in [0.1, 0.15) is 24.0 Å². The summed E-state index contributed by atoms with van der Waals surface area (Å²) in [6.07, 6.45) is 2.71. The molecule has 0 unspecified atom stereocenters. The van der Waals surface area contributed by atoms with Crippen molar-refractivity contribution in [1.29, 1.82) is 0 Å². The Morgan fingerprint density at radius 2 is 2.00 bits per heavy atom. The van der Waals surface area contributed by atoms with Crippen molar-refractivity contribution >= 4 is 5.96 Å². The van der Waals surface area contributed by atoms with Crippen LogP contribution in [0.2, 0.25) is 0 Å². The van der Waals surface area contributed by atoms with Crippen LogP contribution in [-0.2, 0) is 17.8 Å². The average molecular weight is 316 g/mol. The number of guanidine groups is 1. The van der Waals surface area contributed by atoms with E-state index in [9.17, 15) is 0 Å². The van der Waals surface area contributed by atoms with E-state index in [1.165, 1.54) is 24.0 Å². The summed E-state index contributed by atoms with van der Waals surface area (Å²) in [6, 6.07) is 8.81. The quantitative estimate of drug-likeness (QED) is 0.618. The summed E-state index contributed by atoms with van der Waals surface area (Å²) < 4.78 is 5.41. The lowest BCUT2D eigenvalue weighted by molar-refractivity contribution is 0.0342. The average Bonchev–Trinajstić information content (AvgIpc) is 3.41. The molecule has 1 aliphatic carbocycles. The molecule has 1 heterocycles. The molecule has 2 aliphatic rings. The van der Waals surface area contributed by atoms with Gasteiger partial charge in [0.25, 0.3) is 0 Å². The number of nitrogens with one attached hydrogen (secondary N) is 2. The van der Waals surface area contributed by atoms with Crippen molar-refractivity contribution in [2.45, 2.75) is 25.9 Å². The van der Waals surface area contributed by atoms with Crippen LogP contribution in [0.15, 0.2) is 29.3 Å². The lowest BCUT2D eigenvalue weighted by Crippen LogP contribution is -2.38. The lowest BCUT2D eigenvalue weighted by atomic mass is 10.1. The minimum atomic E-state index is 0.807. The van der Waals surface area contributed by atoms with Gasteiger partial charge in [-0.3, -0.25) is 9.89 Å². The second-order valence-electron chi connectivity index (χ2n) is 6.46. The van der Waals surface area contributed by atoms with Gasteiger partial charge in [0.1, 0.15) is 0 Å². The van der Waals surface area contributed by atoms with Crippen molar-refractivity contribution in [2.24, 2.45) is 10.9 Å². The highest BCUT2D eigenvalue weighted by molar-refractivity contribution is 5.79. The normalized spacial score (nSPS) is 19.6. The number of hydrogen-bond acceptors (Lipinski definition) is 3. The zero-order valence-corrected chi connectivity index (χ0v) is 14.1. The topological polar surface area (TPSA) is 48.9 Å². The molecule has 1 aliphatic heterocycles. The minimum absolute atomic E-state index is 0.807. The number of hydrogen-bond donors (Lipinski definition) is 2. The number of morpholine rings is 1. The Balaban J connectivity index is 1.47. The van der Waals surface area contributed by atoms with E-state index in [1.54, 1.807) is 0 Å². The molecule has 0 radical (unpaired) electrons. The number of ether oxygens (including phenoxy) is 1. The largest absolute Gasteiger partial charge is 0.379 e. The summed E-state index contributed by atoms with van der Waals surface area (Å²) in [5.41, 5.74) is 2.66. The monoisotopic (exact) mass is 316 g/mol. The molecule has 2 N–H and O–H groups in total. The summed E-state index contributed by atoms with van der Waals surface area (Å²) >= 11 is 0. The van der Waals surface area contributed by atoms with Crippen molar-refractivity contribution < 1.29 is 4.74 Å². The van der Waals surface area contributed by atoms with Gasteiger partial charge in [-0.2, -0.15) is 0 Å². The third-order valence-electron chi connectivity index (χ3n) is 4.44. The molecular formula is C18H28N4O. The Morgan fingerprint density at radius 3 is 2.74 bits per heavy atom. The summed E-state index contributed by atoms with van der Waals surface area (Å²) in [5, 5.41) is 6.80. The molecule has 0 bridgehead atoms. The molecule has 126 valence electrons. The first-order valence-corrected chi connectivity index (χ1v) is 8.66. The highest BCUT2D eigenvalue weighted by Crippen LogP contribution is 2.27. The van der Waals surface area contributed by atoms with Crippen molar-refractivity contribution in [3.05, 3.63) is 35.4 Å². The van der Waals surface area contributed by atoms with Gasteiger partial charge in [-0.25, -0.2) is 0 Å². The Bertz CT molecular complexity index is 522. The molecule has 1 saturated carbocycles. The van der Waals surface area contributed by atoms with E-state index in [1.807, 2.05) is 7.05 Å². The Morgan fingerprint density at radius 1 is 1.22 bits per heavy atom. The van der Waals surface area contributed by atoms with E-state index in [0.717, 1.165) is 57.8 Å². The maximum atomic E-state index is 5.41. The molecule has 5 heteroatoms. The molecule has 0 aromatic heterocycles. The fourth-order valence-electron chi connectivity index (χ4n) is 2.82. The smallest absolute Gasteiger partial charge is 0.191 e. The number of rotatable bonds is 6. The third-order valence-corrected chi connectivity index (χ3v) is 4.44. The molecule has 0 atom stereocenters. The minimum Gasteiger partial charge on any atom is -0.379 e. The predicted molar refractivity (Wildman–Crippen MR) is 93.5 cm³/mol. The van der Waals surface area contributed by atoms with Crippen LogP contribution >= 0.6 is 0 Å². The molecule has 1 saturated heterocycles. The molecule has 2 fully saturated rings. The first kappa shape index (κ1) is 16.3. The highest BCUT2D eigenvalue weighted by atomic mass is 16.5. The summed E-state index contributed by atoms with van der Waals surface area (Å²) in [5.74, 6) is 1.75. The fourth-order valence-corrected chi connectivity index (χ4v) is 2.82. The summed E-state index contributed by atoms with van der Waals surface area (Å²) in [6.45, 7) is 6.61. The van der Waals surface area contributed by atoms with Crippen molar-refractivity contribution in [2.75, 3.05) is 39.9 Å². The van der Waals surface area contributed by atoms with E-state index < -0.39 is 0 Å². The second-order valence-corrected chi connectivity index (χ2v) is 6.46. The summed E-state index contributed by atoms with van der Waals surface area (Å²) in [7, 11) is 1.83. The molecule has 5 nitrogen and oxygen atoms in total. The SMILES string of the molecule is CN=C(NCc1cccc(CN2CCOCC2)c1)NCC1CC1. The Labute approximate surface area is 139 Å². The van der Waals surface area contributed by atoms with Crippen LogP contribution in [0.3, 0.4) is 0 Å². The molecule has 3 rings (SSSR count). The predicted octanol–water partition coefficient (Wildman–Crippen LogP) is 1.59. The van der Waals surface area contributed by atoms with Gasteiger partial charge in [-0.1, -0.05) is 24.3 Å². The van der Waals surface area contributed by atoms with Crippen LogP contribution in [0, 0.1) is 5.92 Å². The van der Waals surface area contributed by atoms with Crippen LogP contribution in [0.25, 0.3) is 0 Å².